The van der Waals surface area contributed by atoms with Crippen molar-refractivity contribution in [1.82, 2.24) is 0 Å². The quantitative estimate of drug-likeness (QED) is 0.336. The van der Waals surface area contributed by atoms with E-state index >= 15 is 0 Å². The Kier molecular flexibility index (Phi) is 4.99. The molecule has 2 aliphatic carbocycles. The molecule has 1 nitrogen and oxygen atoms in total. The van der Waals surface area contributed by atoms with Crippen molar-refractivity contribution < 1.29 is 0 Å². The summed E-state index contributed by atoms with van der Waals surface area (Å²) in [6.07, 6.45) is 5.70. The van der Waals surface area contributed by atoms with Crippen LogP contribution in [-0.4, -0.2) is 6.04 Å². The van der Waals surface area contributed by atoms with E-state index in [-0.39, 0.29) is 11.5 Å². The van der Waals surface area contributed by atoms with Gasteiger partial charge in [-0.2, -0.15) is 0 Å². The lowest BCUT2D eigenvalue weighted by atomic mass is 9.77. The van der Waals surface area contributed by atoms with Crippen molar-refractivity contribution in [2.75, 3.05) is 5.32 Å². The first-order chi connectivity index (χ1) is 16.6. The van der Waals surface area contributed by atoms with Crippen LogP contribution in [0.25, 0.3) is 27.8 Å². The SMILES string of the molecule is CC1(C)C2=C(C=CC(Nc3cc(-c4ccccc4)cc(-c4ccccc4)c3)C2)c2ccccc21. The zero-order chi connectivity index (χ0) is 23.1. The van der Waals surface area contributed by atoms with Crippen molar-refractivity contribution in [3.8, 4) is 22.3 Å². The van der Waals surface area contributed by atoms with Crippen LogP contribution >= 0.6 is 0 Å². The number of benzene rings is 4. The number of allylic oxidation sites excluding steroid dienone is 2. The van der Waals surface area contributed by atoms with Gasteiger partial charge in [0.25, 0.3) is 0 Å². The summed E-state index contributed by atoms with van der Waals surface area (Å²) in [7, 11) is 0. The molecule has 0 heterocycles. The Labute approximate surface area is 202 Å². The van der Waals surface area contributed by atoms with Crippen LogP contribution in [0.3, 0.4) is 0 Å². The lowest BCUT2D eigenvalue weighted by molar-refractivity contribution is 0.596. The highest BCUT2D eigenvalue weighted by Crippen LogP contribution is 2.50. The topological polar surface area (TPSA) is 12.0 Å². The highest BCUT2D eigenvalue weighted by Gasteiger charge is 2.38. The Hall–Kier alpha value is -3.84. The molecule has 0 aromatic heterocycles. The number of hydrogen-bond acceptors (Lipinski definition) is 1. The predicted octanol–water partition coefficient (Wildman–Crippen LogP) is 8.51. The molecule has 0 radical (unpaired) electrons. The van der Waals surface area contributed by atoms with E-state index in [1.54, 1.807) is 0 Å². The summed E-state index contributed by atoms with van der Waals surface area (Å²) in [5, 5.41) is 3.86. The third-order valence-corrected chi connectivity index (χ3v) is 7.39. The van der Waals surface area contributed by atoms with Crippen molar-refractivity contribution in [1.29, 1.82) is 0 Å². The van der Waals surface area contributed by atoms with Crippen LogP contribution < -0.4 is 5.32 Å². The second-order valence-electron chi connectivity index (χ2n) is 9.91. The van der Waals surface area contributed by atoms with Gasteiger partial charge in [-0.1, -0.05) is 111 Å². The molecule has 0 spiro atoms. The first kappa shape index (κ1) is 20.7. The highest BCUT2D eigenvalue weighted by molar-refractivity contribution is 5.87. The van der Waals surface area contributed by atoms with E-state index in [0.717, 1.165) is 12.1 Å². The minimum Gasteiger partial charge on any atom is -0.378 e. The summed E-state index contributed by atoms with van der Waals surface area (Å²) < 4.78 is 0. The maximum Gasteiger partial charge on any atom is 0.0485 e. The molecule has 34 heavy (non-hydrogen) atoms. The molecule has 0 fully saturated rings. The molecule has 4 aromatic rings. The molecule has 0 amide bonds. The minimum absolute atomic E-state index is 0.0672. The highest BCUT2D eigenvalue weighted by atomic mass is 14.9. The van der Waals surface area contributed by atoms with Gasteiger partial charge in [0.2, 0.25) is 0 Å². The Morgan fingerprint density at radius 3 is 1.91 bits per heavy atom. The van der Waals surface area contributed by atoms with Gasteiger partial charge in [-0.15, -0.1) is 0 Å². The van der Waals surface area contributed by atoms with Crippen molar-refractivity contribution in [2.45, 2.75) is 31.7 Å². The van der Waals surface area contributed by atoms with Crippen molar-refractivity contribution >= 4 is 11.3 Å². The monoisotopic (exact) mass is 439 g/mol. The fraction of sp³-hybridized carbons (Fsp3) is 0.152. The Morgan fingerprint density at radius 1 is 0.676 bits per heavy atom. The molecule has 166 valence electrons. The summed E-state index contributed by atoms with van der Waals surface area (Å²) in [6.45, 7) is 4.74. The van der Waals surface area contributed by atoms with E-state index in [0.29, 0.717) is 0 Å². The van der Waals surface area contributed by atoms with E-state index in [1.807, 2.05) is 0 Å². The Morgan fingerprint density at radius 2 is 1.26 bits per heavy atom. The molecule has 1 unspecified atom stereocenters. The van der Waals surface area contributed by atoms with Gasteiger partial charge >= 0.3 is 0 Å². The predicted molar refractivity (Wildman–Crippen MR) is 145 cm³/mol. The van der Waals surface area contributed by atoms with Crippen LogP contribution in [0.2, 0.25) is 0 Å². The third kappa shape index (κ3) is 3.58. The molecule has 6 rings (SSSR count). The molecule has 1 heteroatoms. The standard InChI is InChI=1S/C33H29N/c1-33(2)31-16-10-9-15-29(31)30-18-17-27(22-32(30)33)34-28-20-25(23-11-5-3-6-12-23)19-26(21-28)24-13-7-4-8-14-24/h3-21,27,34H,22H2,1-2H3. The molecule has 0 bridgehead atoms. The van der Waals surface area contributed by atoms with Gasteiger partial charge in [0, 0.05) is 17.1 Å². The van der Waals surface area contributed by atoms with Gasteiger partial charge in [-0.05, 0) is 69.1 Å². The maximum atomic E-state index is 3.86. The maximum absolute atomic E-state index is 3.86. The summed E-state index contributed by atoms with van der Waals surface area (Å²) in [6, 6.07) is 37.3. The van der Waals surface area contributed by atoms with E-state index in [1.165, 1.54) is 44.5 Å². The molecular formula is C33H29N. The summed E-state index contributed by atoms with van der Waals surface area (Å²) in [5.74, 6) is 0. The Bertz CT molecular complexity index is 1350. The van der Waals surface area contributed by atoms with Crippen molar-refractivity contribution in [3.63, 3.8) is 0 Å². The molecule has 1 atom stereocenters. The number of anilines is 1. The lowest BCUT2D eigenvalue weighted by Gasteiger charge is -2.30. The average molecular weight is 440 g/mol. The van der Waals surface area contributed by atoms with Gasteiger partial charge in [0.15, 0.2) is 0 Å². The lowest BCUT2D eigenvalue weighted by Crippen LogP contribution is -2.26. The van der Waals surface area contributed by atoms with Crippen LogP contribution in [0.15, 0.2) is 121 Å². The minimum atomic E-state index is 0.0672. The molecule has 0 aliphatic heterocycles. The van der Waals surface area contributed by atoms with Crippen molar-refractivity contribution in [3.05, 3.63) is 132 Å². The third-order valence-electron chi connectivity index (χ3n) is 7.39. The van der Waals surface area contributed by atoms with Gasteiger partial charge < -0.3 is 5.32 Å². The van der Waals surface area contributed by atoms with Gasteiger partial charge in [0.05, 0.1) is 0 Å². The fourth-order valence-electron chi connectivity index (χ4n) is 5.60. The molecular weight excluding hydrogens is 410 g/mol. The first-order valence-corrected chi connectivity index (χ1v) is 12.1. The normalized spacial score (nSPS) is 17.9. The van der Waals surface area contributed by atoms with E-state index in [9.17, 15) is 0 Å². The molecule has 2 aliphatic rings. The van der Waals surface area contributed by atoms with Gasteiger partial charge in [-0.25, -0.2) is 0 Å². The van der Waals surface area contributed by atoms with Gasteiger partial charge in [-0.3, -0.25) is 0 Å². The van der Waals surface area contributed by atoms with Crippen LogP contribution in [0.1, 0.15) is 31.4 Å². The Balaban J connectivity index is 1.34. The summed E-state index contributed by atoms with van der Waals surface area (Å²) >= 11 is 0. The largest absolute Gasteiger partial charge is 0.378 e. The smallest absolute Gasteiger partial charge is 0.0485 e. The van der Waals surface area contributed by atoms with Crippen LogP contribution in [0.5, 0.6) is 0 Å². The zero-order valence-corrected chi connectivity index (χ0v) is 19.8. The van der Waals surface area contributed by atoms with E-state index in [2.05, 4.69) is 134 Å². The van der Waals surface area contributed by atoms with E-state index < -0.39 is 0 Å². The molecule has 0 saturated carbocycles. The fourth-order valence-corrected chi connectivity index (χ4v) is 5.60. The average Bonchev–Trinajstić information content (AvgIpc) is 3.11. The van der Waals surface area contributed by atoms with Crippen molar-refractivity contribution in [2.24, 2.45) is 0 Å². The van der Waals surface area contributed by atoms with E-state index in [4.69, 9.17) is 0 Å². The molecule has 1 N–H and O–H groups in total. The second-order valence-corrected chi connectivity index (χ2v) is 9.91. The number of nitrogens with one attached hydrogen (secondary N) is 1. The first-order valence-electron chi connectivity index (χ1n) is 12.1. The zero-order valence-electron chi connectivity index (χ0n) is 19.8. The summed E-state index contributed by atoms with van der Waals surface area (Å²) in [5.41, 5.74) is 12.0. The van der Waals surface area contributed by atoms with Crippen LogP contribution in [0, 0.1) is 0 Å². The second kappa shape index (κ2) is 8.18. The molecule has 4 aromatic carbocycles. The molecule has 0 saturated heterocycles. The van der Waals surface area contributed by atoms with Crippen LogP contribution in [0.4, 0.5) is 5.69 Å². The number of hydrogen-bond donors (Lipinski definition) is 1. The van der Waals surface area contributed by atoms with Crippen LogP contribution in [-0.2, 0) is 5.41 Å². The summed E-state index contributed by atoms with van der Waals surface area (Å²) in [4.78, 5) is 0. The van der Waals surface area contributed by atoms with Gasteiger partial charge in [0.1, 0.15) is 0 Å². The number of rotatable bonds is 4. The number of fused-ring (bicyclic) bond motifs is 2.